The molecule has 11 heteroatoms. The third kappa shape index (κ3) is 4.69. The van der Waals surface area contributed by atoms with Gasteiger partial charge < -0.3 is 4.57 Å². The van der Waals surface area contributed by atoms with Crippen LogP contribution in [0.5, 0.6) is 0 Å². The second-order valence-corrected chi connectivity index (χ2v) is 10.3. The van der Waals surface area contributed by atoms with Crippen LogP contribution < -0.4 is 15.0 Å². The molecule has 0 saturated carbocycles. The molecule has 0 saturated heterocycles. The number of sulfonamides is 2. The molecule has 0 bridgehead atoms. The second kappa shape index (κ2) is 8.63. The van der Waals surface area contributed by atoms with Gasteiger partial charge in [-0.05, 0) is 57.3 Å². The molecule has 1 amide bonds. The van der Waals surface area contributed by atoms with Crippen LogP contribution in [-0.2, 0) is 20.0 Å². The molecular formula is C20H22N4O5S2. The van der Waals surface area contributed by atoms with Crippen molar-refractivity contribution in [2.75, 3.05) is 7.05 Å². The fraction of sp³-hybridized carbons (Fsp3) is 0.150. The maximum Gasteiger partial charge on any atom is 0.268 e. The van der Waals surface area contributed by atoms with Crippen molar-refractivity contribution < 1.29 is 21.6 Å². The lowest BCUT2D eigenvalue weighted by Gasteiger charge is -2.11. The van der Waals surface area contributed by atoms with Gasteiger partial charge >= 0.3 is 0 Å². The molecule has 3 N–H and O–H groups in total. The van der Waals surface area contributed by atoms with E-state index >= 15 is 0 Å². The number of nitrogens with one attached hydrogen (secondary N) is 3. The fourth-order valence-electron chi connectivity index (χ4n) is 3.13. The van der Waals surface area contributed by atoms with Gasteiger partial charge in [-0.25, -0.2) is 21.6 Å². The monoisotopic (exact) mass is 462 g/mol. The van der Waals surface area contributed by atoms with Crippen molar-refractivity contribution in [3.05, 3.63) is 77.6 Å². The van der Waals surface area contributed by atoms with Gasteiger partial charge in [-0.15, -0.1) is 4.83 Å². The standard InChI is InChI=1S/C20H22N4O5S2/c1-14-12-19(15(2)24(14)16-8-5-4-6-9-16)20(25)22-23-31(28,29)18-11-7-10-17(13-18)30(26,27)21-3/h4-13,21,23H,1-3H3,(H,22,25). The van der Waals surface area contributed by atoms with Gasteiger partial charge in [0, 0.05) is 17.1 Å². The molecule has 0 radical (unpaired) electrons. The summed E-state index contributed by atoms with van der Waals surface area (Å²) in [5, 5.41) is 0. The van der Waals surface area contributed by atoms with Crippen molar-refractivity contribution in [1.82, 2.24) is 19.5 Å². The molecule has 1 aromatic heterocycles. The van der Waals surface area contributed by atoms with Gasteiger partial charge in [0.1, 0.15) is 0 Å². The van der Waals surface area contributed by atoms with Crippen molar-refractivity contribution in [3.8, 4) is 5.69 Å². The number of hydrogen-bond acceptors (Lipinski definition) is 5. The lowest BCUT2D eigenvalue weighted by Crippen LogP contribution is -2.41. The third-order valence-corrected chi connectivity index (χ3v) is 7.34. The summed E-state index contributed by atoms with van der Waals surface area (Å²) >= 11 is 0. The first-order chi connectivity index (χ1) is 14.6. The summed E-state index contributed by atoms with van der Waals surface area (Å²) in [6.45, 7) is 3.60. The van der Waals surface area contributed by atoms with Gasteiger partial charge in [-0.3, -0.25) is 10.2 Å². The lowest BCUT2D eigenvalue weighted by molar-refractivity contribution is 0.0944. The molecule has 0 aliphatic carbocycles. The van der Waals surface area contributed by atoms with Crippen LogP contribution in [-0.4, -0.2) is 34.4 Å². The number of nitrogens with zero attached hydrogens (tertiary/aromatic N) is 1. The molecule has 3 aromatic rings. The molecular weight excluding hydrogens is 440 g/mol. The number of aromatic nitrogens is 1. The van der Waals surface area contributed by atoms with Crippen LogP contribution in [0, 0.1) is 13.8 Å². The van der Waals surface area contributed by atoms with E-state index < -0.39 is 26.0 Å². The van der Waals surface area contributed by atoms with Crippen molar-refractivity contribution in [1.29, 1.82) is 0 Å². The first-order valence-electron chi connectivity index (χ1n) is 9.17. The minimum atomic E-state index is -4.20. The molecule has 0 aliphatic rings. The Kier molecular flexibility index (Phi) is 6.32. The molecule has 2 aromatic carbocycles. The Bertz CT molecular complexity index is 1330. The molecule has 0 spiro atoms. The minimum Gasteiger partial charge on any atom is -0.318 e. The van der Waals surface area contributed by atoms with Crippen LogP contribution in [0.25, 0.3) is 5.69 Å². The van der Waals surface area contributed by atoms with E-state index in [9.17, 15) is 21.6 Å². The van der Waals surface area contributed by atoms with Crippen LogP contribution in [0.4, 0.5) is 0 Å². The Hall–Kier alpha value is -2.99. The molecule has 164 valence electrons. The van der Waals surface area contributed by atoms with Crippen LogP contribution in [0.1, 0.15) is 21.7 Å². The smallest absolute Gasteiger partial charge is 0.268 e. The third-order valence-electron chi connectivity index (χ3n) is 4.68. The summed E-state index contributed by atoms with van der Waals surface area (Å²) in [7, 11) is -6.80. The van der Waals surface area contributed by atoms with Gasteiger partial charge in [-0.2, -0.15) is 0 Å². The maximum atomic E-state index is 12.7. The van der Waals surface area contributed by atoms with Gasteiger partial charge in [0.15, 0.2) is 0 Å². The number of rotatable bonds is 7. The first-order valence-corrected chi connectivity index (χ1v) is 12.1. The van der Waals surface area contributed by atoms with Crippen LogP contribution in [0.2, 0.25) is 0 Å². The summed E-state index contributed by atoms with van der Waals surface area (Å²) in [6, 6.07) is 15.9. The van der Waals surface area contributed by atoms with E-state index in [2.05, 4.69) is 10.1 Å². The van der Waals surface area contributed by atoms with Gasteiger partial charge in [-0.1, -0.05) is 24.3 Å². The average Bonchev–Trinajstić information content (AvgIpc) is 3.06. The Balaban J connectivity index is 1.82. The molecule has 3 rings (SSSR count). The van der Waals surface area contributed by atoms with Crippen LogP contribution in [0.15, 0.2) is 70.5 Å². The van der Waals surface area contributed by atoms with E-state index in [4.69, 9.17) is 0 Å². The summed E-state index contributed by atoms with van der Waals surface area (Å²) in [5.74, 6) is -0.641. The quantitative estimate of drug-likeness (QED) is 0.460. The Morgan fingerprint density at radius 1 is 0.839 bits per heavy atom. The summed E-state index contributed by atoms with van der Waals surface area (Å²) < 4.78 is 53.0. The Morgan fingerprint density at radius 3 is 2.06 bits per heavy atom. The largest absolute Gasteiger partial charge is 0.318 e. The van der Waals surface area contributed by atoms with Gasteiger partial charge in [0.2, 0.25) is 10.0 Å². The highest BCUT2D eigenvalue weighted by Crippen LogP contribution is 2.21. The number of benzene rings is 2. The number of aryl methyl sites for hydroxylation is 1. The summed E-state index contributed by atoms with van der Waals surface area (Å²) in [6.07, 6.45) is 0. The van der Waals surface area contributed by atoms with E-state index in [-0.39, 0.29) is 9.79 Å². The number of hydrogen-bond donors (Lipinski definition) is 3. The van der Waals surface area contributed by atoms with Crippen LogP contribution >= 0.6 is 0 Å². The van der Waals surface area contributed by atoms with Crippen molar-refractivity contribution in [2.45, 2.75) is 23.6 Å². The predicted molar refractivity (Wildman–Crippen MR) is 116 cm³/mol. The van der Waals surface area contributed by atoms with Crippen LogP contribution in [0.3, 0.4) is 0 Å². The molecule has 1 heterocycles. The number of amides is 1. The molecule has 0 unspecified atom stereocenters. The zero-order valence-electron chi connectivity index (χ0n) is 17.1. The Morgan fingerprint density at radius 2 is 1.45 bits per heavy atom. The Labute approximate surface area is 181 Å². The lowest BCUT2D eigenvalue weighted by atomic mass is 10.2. The maximum absolute atomic E-state index is 12.7. The number of carbonyl (C=O) groups excluding carboxylic acids is 1. The normalized spacial score (nSPS) is 12.0. The number of carbonyl (C=O) groups is 1. The first kappa shape index (κ1) is 22.7. The summed E-state index contributed by atoms with van der Waals surface area (Å²) in [4.78, 5) is 14.2. The van der Waals surface area contributed by atoms with Crippen molar-refractivity contribution in [3.63, 3.8) is 0 Å². The second-order valence-electron chi connectivity index (χ2n) is 6.70. The SMILES string of the molecule is CNS(=O)(=O)c1cccc(S(=O)(=O)NNC(=O)c2cc(C)n(-c3ccccc3)c2C)c1. The molecule has 0 aliphatic heterocycles. The van der Waals surface area contributed by atoms with E-state index in [0.29, 0.717) is 11.3 Å². The highest BCUT2D eigenvalue weighted by atomic mass is 32.2. The zero-order chi connectivity index (χ0) is 22.8. The molecule has 0 fully saturated rings. The van der Waals surface area contributed by atoms with E-state index in [1.165, 1.54) is 25.2 Å². The van der Waals surface area contributed by atoms with Gasteiger partial charge in [0.25, 0.3) is 15.9 Å². The minimum absolute atomic E-state index is 0.212. The van der Waals surface area contributed by atoms with E-state index in [1.807, 2.05) is 46.7 Å². The number of para-hydroxylation sites is 1. The van der Waals surface area contributed by atoms with Crippen molar-refractivity contribution in [2.24, 2.45) is 0 Å². The molecule has 0 atom stereocenters. The highest BCUT2D eigenvalue weighted by molar-refractivity contribution is 7.90. The molecule has 31 heavy (non-hydrogen) atoms. The molecule has 9 nitrogen and oxygen atoms in total. The topological polar surface area (TPSA) is 126 Å². The fourth-order valence-corrected chi connectivity index (χ4v) is 4.87. The highest BCUT2D eigenvalue weighted by Gasteiger charge is 2.21. The van der Waals surface area contributed by atoms with Crippen molar-refractivity contribution >= 4 is 26.0 Å². The zero-order valence-corrected chi connectivity index (χ0v) is 18.7. The van der Waals surface area contributed by atoms with E-state index in [1.54, 1.807) is 13.0 Å². The average molecular weight is 463 g/mol. The van der Waals surface area contributed by atoms with Gasteiger partial charge in [0.05, 0.1) is 15.4 Å². The predicted octanol–water partition coefficient (Wildman–Crippen LogP) is 1.63. The summed E-state index contributed by atoms with van der Waals surface area (Å²) in [5.41, 5.74) is 4.81. The van der Waals surface area contributed by atoms with E-state index in [0.717, 1.165) is 17.4 Å². The number of hydrazine groups is 1.